The summed E-state index contributed by atoms with van der Waals surface area (Å²) in [6.07, 6.45) is 3.20. The Labute approximate surface area is 115 Å². The zero-order valence-electron chi connectivity index (χ0n) is 12.0. The van der Waals surface area contributed by atoms with Gasteiger partial charge in [-0.25, -0.2) is 0 Å². The molecule has 0 heterocycles. The van der Waals surface area contributed by atoms with E-state index < -0.39 is 11.9 Å². The third-order valence-electron chi connectivity index (χ3n) is 4.04. The number of nitrogens with one attached hydrogen (secondary N) is 1. The minimum atomic E-state index is -0.830. The Morgan fingerprint density at radius 1 is 1.16 bits per heavy atom. The van der Waals surface area contributed by atoms with Gasteiger partial charge < -0.3 is 15.3 Å². The van der Waals surface area contributed by atoms with Crippen LogP contribution in [-0.4, -0.2) is 48.1 Å². The van der Waals surface area contributed by atoms with Crippen molar-refractivity contribution in [3.8, 4) is 0 Å². The Morgan fingerprint density at radius 3 is 2.26 bits per heavy atom. The smallest absolute Gasteiger partial charge is 0.307 e. The number of carbonyl (C=O) groups is 2. The first-order chi connectivity index (χ1) is 9.10. The number of carbonyl (C=O) groups excluding carboxylic acids is 1. The lowest BCUT2D eigenvalue weighted by Gasteiger charge is -2.28. The number of hydrogen-bond donors (Lipinski definition) is 2. The second-order valence-corrected chi connectivity index (χ2v) is 5.15. The average molecular weight is 270 g/mol. The summed E-state index contributed by atoms with van der Waals surface area (Å²) in [4.78, 5) is 25.5. The molecule has 0 aromatic rings. The Hall–Kier alpha value is -1.10. The van der Waals surface area contributed by atoms with Gasteiger partial charge in [-0.2, -0.15) is 0 Å². The third-order valence-corrected chi connectivity index (χ3v) is 4.04. The van der Waals surface area contributed by atoms with Gasteiger partial charge in [0.1, 0.15) is 0 Å². The molecule has 110 valence electrons. The molecule has 1 aliphatic carbocycles. The van der Waals surface area contributed by atoms with Crippen LogP contribution >= 0.6 is 0 Å². The lowest BCUT2D eigenvalue weighted by atomic mass is 9.79. The molecule has 0 aromatic heterocycles. The summed E-state index contributed by atoms with van der Waals surface area (Å²) in [6.45, 7) is 7.54. The van der Waals surface area contributed by atoms with Crippen molar-refractivity contribution in [3.63, 3.8) is 0 Å². The maximum atomic E-state index is 12.1. The summed E-state index contributed by atoms with van der Waals surface area (Å²) in [5, 5.41) is 12.1. The number of carboxylic acids is 1. The fourth-order valence-electron chi connectivity index (χ4n) is 2.75. The van der Waals surface area contributed by atoms with Crippen LogP contribution in [0.2, 0.25) is 0 Å². The van der Waals surface area contributed by atoms with E-state index in [1.165, 1.54) is 0 Å². The van der Waals surface area contributed by atoms with E-state index in [0.29, 0.717) is 19.4 Å². The Kier molecular flexibility index (Phi) is 6.84. The summed E-state index contributed by atoms with van der Waals surface area (Å²) in [6, 6.07) is 0. The van der Waals surface area contributed by atoms with Crippen molar-refractivity contribution in [2.45, 2.75) is 39.5 Å². The minimum absolute atomic E-state index is 0.0840. The molecule has 2 N–H and O–H groups in total. The Balaban J connectivity index is 2.40. The fraction of sp³-hybridized carbons (Fsp3) is 0.857. The van der Waals surface area contributed by atoms with Crippen molar-refractivity contribution in [1.82, 2.24) is 10.2 Å². The predicted molar refractivity (Wildman–Crippen MR) is 73.9 cm³/mol. The van der Waals surface area contributed by atoms with E-state index in [0.717, 1.165) is 32.5 Å². The van der Waals surface area contributed by atoms with Gasteiger partial charge in [0.25, 0.3) is 0 Å². The summed E-state index contributed by atoms with van der Waals surface area (Å²) in [7, 11) is 0. The van der Waals surface area contributed by atoms with Crippen LogP contribution in [-0.2, 0) is 9.59 Å². The fourth-order valence-corrected chi connectivity index (χ4v) is 2.75. The van der Waals surface area contributed by atoms with Gasteiger partial charge in [-0.1, -0.05) is 26.7 Å². The van der Waals surface area contributed by atoms with Crippen LogP contribution in [0.25, 0.3) is 0 Å². The molecule has 5 heteroatoms. The summed E-state index contributed by atoms with van der Waals surface area (Å²) in [5.74, 6) is -1.76. The number of nitrogens with zero attached hydrogens (tertiary/aromatic N) is 1. The molecule has 1 aliphatic rings. The molecule has 0 aliphatic heterocycles. The van der Waals surface area contributed by atoms with Gasteiger partial charge >= 0.3 is 5.97 Å². The number of aliphatic carboxylic acids is 1. The van der Waals surface area contributed by atoms with E-state index in [1.54, 1.807) is 0 Å². The zero-order valence-corrected chi connectivity index (χ0v) is 12.0. The average Bonchev–Trinajstić information content (AvgIpc) is 2.43. The molecule has 2 atom stereocenters. The highest BCUT2D eigenvalue weighted by molar-refractivity contribution is 5.84. The van der Waals surface area contributed by atoms with E-state index in [4.69, 9.17) is 5.11 Å². The molecule has 1 rings (SSSR count). The predicted octanol–water partition coefficient (Wildman–Crippen LogP) is 1.34. The van der Waals surface area contributed by atoms with Crippen LogP contribution in [0.15, 0.2) is 0 Å². The maximum absolute atomic E-state index is 12.1. The number of carboxylic acid groups (broad SMARTS) is 1. The summed E-state index contributed by atoms with van der Waals surface area (Å²) < 4.78 is 0. The van der Waals surface area contributed by atoms with Crippen molar-refractivity contribution >= 4 is 11.9 Å². The molecule has 0 saturated heterocycles. The molecule has 5 nitrogen and oxygen atoms in total. The van der Waals surface area contributed by atoms with Crippen molar-refractivity contribution in [2.75, 3.05) is 26.2 Å². The van der Waals surface area contributed by atoms with Crippen LogP contribution in [0, 0.1) is 11.8 Å². The SMILES string of the molecule is CCN(CC)CCNC(=O)[C@@H]1CCCC[C@@H]1C(=O)O. The molecule has 0 bridgehead atoms. The third kappa shape index (κ3) is 4.82. The van der Waals surface area contributed by atoms with Crippen molar-refractivity contribution in [2.24, 2.45) is 11.8 Å². The maximum Gasteiger partial charge on any atom is 0.307 e. The van der Waals surface area contributed by atoms with Crippen LogP contribution < -0.4 is 5.32 Å². The number of amides is 1. The number of rotatable bonds is 7. The molecular weight excluding hydrogens is 244 g/mol. The summed E-state index contributed by atoms with van der Waals surface area (Å²) >= 11 is 0. The first-order valence-electron chi connectivity index (χ1n) is 7.33. The highest BCUT2D eigenvalue weighted by Crippen LogP contribution is 2.30. The van der Waals surface area contributed by atoms with E-state index in [9.17, 15) is 9.59 Å². The molecule has 0 aromatic carbocycles. The van der Waals surface area contributed by atoms with Crippen LogP contribution in [0.4, 0.5) is 0 Å². The van der Waals surface area contributed by atoms with E-state index in [1.807, 2.05) is 0 Å². The van der Waals surface area contributed by atoms with E-state index in [2.05, 4.69) is 24.1 Å². The first kappa shape index (κ1) is 16.0. The van der Waals surface area contributed by atoms with Gasteiger partial charge in [0.15, 0.2) is 0 Å². The van der Waals surface area contributed by atoms with Gasteiger partial charge in [0, 0.05) is 13.1 Å². The molecule has 1 amide bonds. The minimum Gasteiger partial charge on any atom is -0.481 e. The second kappa shape index (κ2) is 8.15. The molecule has 0 unspecified atom stereocenters. The van der Waals surface area contributed by atoms with Gasteiger partial charge in [-0.05, 0) is 25.9 Å². The van der Waals surface area contributed by atoms with Gasteiger partial charge in [-0.3, -0.25) is 9.59 Å². The quantitative estimate of drug-likeness (QED) is 0.732. The second-order valence-electron chi connectivity index (χ2n) is 5.15. The normalized spacial score (nSPS) is 23.3. The lowest BCUT2D eigenvalue weighted by Crippen LogP contribution is -2.42. The van der Waals surface area contributed by atoms with E-state index >= 15 is 0 Å². The highest BCUT2D eigenvalue weighted by Gasteiger charge is 2.35. The monoisotopic (exact) mass is 270 g/mol. The Bertz CT molecular complexity index is 303. The zero-order chi connectivity index (χ0) is 14.3. The highest BCUT2D eigenvalue weighted by atomic mass is 16.4. The Morgan fingerprint density at radius 2 is 1.74 bits per heavy atom. The van der Waals surface area contributed by atoms with E-state index in [-0.39, 0.29) is 11.8 Å². The van der Waals surface area contributed by atoms with Gasteiger partial charge in [-0.15, -0.1) is 0 Å². The first-order valence-corrected chi connectivity index (χ1v) is 7.33. The van der Waals surface area contributed by atoms with Crippen LogP contribution in [0.5, 0.6) is 0 Å². The summed E-state index contributed by atoms with van der Waals surface area (Å²) in [5.41, 5.74) is 0. The van der Waals surface area contributed by atoms with Crippen LogP contribution in [0.1, 0.15) is 39.5 Å². The lowest BCUT2D eigenvalue weighted by molar-refractivity contribution is -0.148. The molecule has 1 saturated carbocycles. The topological polar surface area (TPSA) is 69.6 Å². The van der Waals surface area contributed by atoms with Crippen LogP contribution in [0.3, 0.4) is 0 Å². The molecule has 1 fully saturated rings. The van der Waals surface area contributed by atoms with Gasteiger partial charge in [0.2, 0.25) is 5.91 Å². The number of likely N-dealkylation sites (N-methyl/N-ethyl adjacent to an activating group) is 1. The standard InChI is InChI=1S/C14H26N2O3/c1-3-16(4-2)10-9-15-13(17)11-7-5-6-8-12(11)14(18)19/h11-12H,3-10H2,1-2H3,(H,15,17)(H,18,19)/t11-,12+/m1/s1. The van der Waals surface area contributed by atoms with Gasteiger partial charge in [0.05, 0.1) is 11.8 Å². The van der Waals surface area contributed by atoms with Crippen molar-refractivity contribution < 1.29 is 14.7 Å². The van der Waals surface area contributed by atoms with Crippen molar-refractivity contribution in [3.05, 3.63) is 0 Å². The molecule has 0 spiro atoms. The molecule has 0 radical (unpaired) electrons. The van der Waals surface area contributed by atoms with Crippen molar-refractivity contribution in [1.29, 1.82) is 0 Å². The number of hydrogen-bond acceptors (Lipinski definition) is 3. The molecule has 19 heavy (non-hydrogen) atoms. The molecular formula is C14H26N2O3. The largest absolute Gasteiger partial charge is 0.481 e.